The molecule has 1 rings (SSSR count). The van der Waals surface area contributed by atoms with E-state index in [2.05, 4.69) is 36.4 Å². The molecule has 2 amide bonds. The van der Waals surface area contributed by atoms with Gasteiger partial charge in [-0.15, -0.1) is 0 Å². The Morgan fingerprint density at radius 1 is 1.43 bits per heavy atom. The van der Waals surface area contributed by atoms with Crippen LogP contribution in [0.2, 0.25) is 0 Å². The van der Waals surface area contributed by atoms with Gasteiger partial charge in [0.2, 0.25) is 11.8 Å². The van der Waals surface area contributed by atoms with Crippen molar-refractivity contribution in [3.05, 3.63) is 0 Å². The molecule has 1 heterocycles. The summed E-state index contributed by atoms with van der Waals surface area (Å²) >= 11 is 2.10. The molecule has 0 aromatic rings. The van der Waals surface area contributed by atoms with E-state index in [9.17, 15) is 9.59 Å². The van der Waals surface area contributed by atoms with Crippen molar-refractivity contribution in [1.82, 2.24) is 4.90 Å². The molecule has 0 bridgehead atoms. The summed E-state index contributed by atoms with van der Waals surface area (Å²) in [5.41, 5.74) is 0. The van der Waals surface area contributed by atoms with E-state index in [1.807, 2.05) is 6.92 Å². The number of carbonyl (C=O) groups is 2. The second kappa shape index (κ2) is 4.59. The molecule has 0 aliphatic carbocycles. The molecule has 80 valence electrons. The number of alkyl halides is 1. The molecular weight excluding hydrogens is 293 g/mol. The minimum absolute atomic E-state index is 0.0115. The maximum Gasteiger partial charge on any atom is 0.233 e. The average Bonchev–Trinajstić information content (AvgIpc) is 2.25. The fourth-order valence-corrected chi connectivity index (χ4v) is 2.43. The van der Waals surface area contributed by atoms with Crippen LogP contribution in [0.5, 0.6) is 0 Å². The third-order valence-corrected chi connectivity index (χ3v) is 2.95. The minimum Gasteiger partial charge on any atom is -0.274 e. The summed E-state index contributed by atoms with van der Waals surface area (Å²) in [7, 11) is 0. The van der Waals surface area contributed by atoms with Gasteiger partial charge in [-0.1, -0.05) is 36.4 Å². The van der Waals surface area contributed by atoms with Gasteiger partial charge >= 0.3 is 0 Å². The quantitative estimate of drug-likeness (QED) is 0.347. The van der Waals surface area contributed by atoms with Crippen LogP contribution in [0.4, 0.5) is 0 Å². The first kappa shape index (κ1) is 11.9. The van der Waals surface area contributed by atoms with Gasteiger partial charge in [0, 0.05) is 12.3 Å². The monoisotopic (exact) mass is 309 g/mol. The van der Waals surface area contributed by atoms with Crippen molar-refractivity contribution in [2.75, 3.05) is 0 Å². The molecule has 0 saturated carbocycles. The van der Waals surface area contributed by atoms with Crippen LogP contribution < -0.4 is 0 Å². The standard InChI is InChI=1S/C10H16INO2/c1-6(2)4-8-5-9(13)12(7(3)11)10(8)14/h6-8H,4-5H2,1-3H3. The highest BCUT2D eigenvalue weighted by Gasteiger charge is 2.40. The molecule has 1 fully saturated rings. The van der Waals surface area contributed by atoms with Crippen molar-refractivity contribution < 1.29 is 9.59 Å². The first-order valence-corrected chi connectivity index (χ1v) is 6.18. The molecule has 0 aromatic heterocycles. The van der Waals surface area contributed by atoms with Crippen LogP contribution in [-0.2, 0) is 9.59 Å². The van der Waals surface area contributed by atoms with E-state index in [0.717, 1.165) is 6.42 Å². The van der Waals surface area contributed by atoms with Crippen molar-refractivity contribution in [2.45, 2.75) is 37.7 Å². The van der Waals surface area contributed by atoms with Crippen LogP contribution in [0, 0.1) is 11.8 Å². The molecule has 1 aliphatic heterocycles. The van der Waals surface area contributed by atoms with Crippen molar-refractivity contribution in [1.29, 1.82) is 0 Å². The van der Waals surface area contributed by atoms with Gasteiger partial charge in [0.1, 0.15) is 0 Å². The van der Waals surface area contributed by atoms with Crippen LogP contribution in [0.3, 0.4) is 0 Å². The zero-order valence-corrected chi connectivity index (χ0v) is 10.9. The summed E-state index contributed by atoms with van der Waals surface area (Å²) in [5, 5.41) is 0. The van der Waals surface area contributed by atoms with Gasteiger partial charge in [-0.2, -0.15) is 0 Å². The first-order chi connectivity index (χ1) is 6.43. The molecule has 14 heavy (non-hydrogen) atoms. The van der Waals surface area contributed by atoms with E-state index in [4.69, 9.17) is 0 Å². The Hall–Kier alpha value is -0.130. The summed E-state index contributed by atoms with van der Waals surface area (Å²) < 4.78 is -0.0234. The van der Waals surface area contributed by atoms with Gasteiger partial charge < -0.3 is 0 Å². The molecule has 2 atom stereocenters. The van der Waals surface area contributed by atoms with E-state index >= 15 is 0 Å². The van der Waals surface area contributed by atoms with E-state index in [-0.39, 0.29) is 21.8 Å². The van der Waals surface area contributed by atoms with Gasteiger partial charge in [0.05, 0.1) is 4.05 Å². The highest BCUT2D eigenvalue weighted by atomic mass is 127. The lowest BCUT2D eigenvalue weighted by atomic mass is 9.96. The lowest BCUT2D eigenvalue weighted by Gasteiger charge is -2.18. The molecule has 0 aromatic carbocycles. The number of amides is 2. The zero-order chi connectivity index (χ0) is 10.9. The fraction of sp³-hybridized carbons (Fsp3) is 0.800. The Kier molecular flexibility index (Phi) is 3.92. The number of likely N-dealkylation sites (tertiary alicyclic amines) is 1. The maximum atomic E-state index is 11.8. The van der Waals surface area contributed by atoms with Crippen molar-refractivity contribution in [2.24, 2.45) is 11.8 Å². The normalized spacial score (nSPS) is 24.9. The van der Waals surface area contributed by atoms with E-state index < -0.39 is 0 Å². The smallest absolute Gasteiger partial charge is 0.233 e. The van der Waals surface area contributed by atoms with Gasteiger partial charge in [-0.05, 0) is 19.3 Å². The number of imide groups is 1. The molecule has 0 N–H and O–H groups in total. The Balaban J connectivity index is 2.69. The van der Waals surface area contributed by atoms with Gasteiger partial charge in [0.15, 0.2) is 0 Å². The van der Waals surface area contributed by atoms with Crippen LogP contribution in [0.25, 0.3) is 0 Å². The number of nitrogens with zero attached hydrogens (tertiary/aromatic N) is 1. The second-order valence-corrected chi connectivity index (χ2v) is 6.01. The molecule has 0 spiro atoms. The third-order valence-electron chi connectivity index (χ3n) is 2.39. The molecule has 2 unspecified atom stereocenters. The maximum absolute atomic E-state index is 11.8. The van der Waals surface area contributed by atoms with E-state index in [1.165, 1.54) is 4.90 Å². The molecule has 4 heteroatoms. The third kappa shape index (κ3) is 2.46. The van der Waals surface area contributed by atoms with E-state index in [1.54, 1.807) is 0 Å². The van der Waals surface area contributed by atoms with Crippen LogP contribution >= 0.6 is 22.6 Å². The average molecular weight is 309 g/mol. The lowest BCUT2D eigenvalue weighted by Crippen LogP contribution is -2.35. The first-order valence-electron chi connectivity index (χ1n) is 4.93. The molecule has 3 nitrogen and oxygen atoms in total. The van der Waals surface area contributed by atoms with Crippen LogP contribution in [0.1, 0.15) is 33.6 Å². The molecule has 1 aliphatic rings. The number of rotatable bonds is 3. The lowest BCUT2D eigenvalue weighted by molar-refractivity contribution is -0.139. The number of hydrogen-bond acceptors (Lipinski definition) is 2. The summed E-state index contributed by atoms with van der Waals surface area (Å²) in [6.07, 6.45) is 1.23. The summed E-state index contributed by atoms with van der Waals surface area (Å²) in [4.78, 5) is 24.7. The van der Waals surface area contributed by atoms with Crippen molar-refractivity contribution in [3.8, 4) is 0 Å². The van der Waals surface area contributed by atoms with Gasteiger partial charge in [0.25, 0.3) is 0 Å². The number of halogens is 1. The second-order valence-electron chi connectivity index (χ2n) is 4.21. The Morgan fingerprint density at radius 2 is 2.00 bits per heavy atom. The Labute approximate surface area is 98.4 Å². The number of carbonyl (C=O) groups excluding carboxylic acids is 2. The van der Waals surface area contributed by atoms with Crippen molar-refractivity contribution in [3.63, 3.8) is 0 Å². The number of hydrogen-bond donors (Lipinski definition) is 0. The minimum atomic E-state index is -0.0697. The van der Waals surface area contributed by atoms with E-state index in [0.29, 0.717) is 12.3 Å². The molecular formula is C10H16INO2. The van der Waals surface area contributed by atoms with Gasteiger partial charge in [-0.25, -0.2) is 0 Å². The Bertz CT molecular complexity index is 251. The van der Waals surface area contributed by atoms with Crippen LogP contribution in [-0.4, -0.2) is 20.8 Å². The molecule has 0 radical (unpaired) electrons. The summed E-state index contributed by atoms with van der Waals surface area (Å²) in [6.45, 7) is 6.02. The highest BCUT2D eigenvalue weighted by molar-refractivity contribution is 14.1. The SMILES string of the molecule is CC(C)CC1CC(=O)N(C(C)I)C1=O. The summed E-state index contributed by atoms with van der Waals surface area (Å²) in [6, 6.07) is 0. The fourth-order valence-electron chi connectivity index (χ4n) is 1.84. The predicted molar refractivity (Wildman–Crippen MR) is 62.9 cm³/mol. The van der Waals surface area contributed by atoms with Gasteiger partial charge in [-0.3, -0.25) is 14.5 Å². The van der Waals surface area contributed by atoms with Crippen molar-refractivity contribution >= 4 is 34.4 Å². The largest absolute Gasteiger partial charge is 0.274 e. The Morgan fingerprint density at radius 3 is 2.36 bits per heavy atom. The van der Waals surface area contributed by atoms with Crippen LogP contribution in [0.15, 0.2) is 0 Å². The topological polar surface area (TPSA) is 37.4 Å². The highest BCUT2D eigenvalue weighted by Crippen LogP contribution is 2.28. The molecule has 1 saturated heterocycles. The predicted octanol–water partition coefficient (Wildman–Crippen LogP) is 2.19. The zero-order valence-electron chi connectivity index (χ0n) is 8.79. The summed E-state index contributed by atoms with van der Waals surface area (Å²) in [5.74, 6) is 0.411.